The van der Waals surface area contributed by atoms with Crippen LogP contribution in [-0.4, -0.2) is 34.8 Å². The highest BCUT2D eigenvalue weighted by molar-refractivity contribution is 7.15. The van der Waals surface area contributed by atoms with Gasteiger partial charge < -0.3 is 9.47 Å². The first kappa shape index (κ1) is 27.5. The highest BCUT2D eigenvalue weighted by Crippen LogP contribution is 2.30. The third-order valence-electron chi connectivity index (χ3n) is 5.97. The number of anilines is 1. The normalized spacial score (nSPS) is 11.0. The minimum atomic E-state index is -0.363. The molecule has 5 rings (SSSR count). The maximum Gasteiger partial charge on any atom is 0.257 e. The van der Waals surface area contributed by atoms with E-state index >= 15 is 0 Å². The molecule has 0 spiro atoms. The van der Waals surface area contributed by atoms with Gasteiger partial charge in [0.05, 0.1) is 19.2 Å². The molecule has 2 N–H and O–H groups in total. The van der Waals surface area contributed by atoms with Crippen molar-refractivity contribution in [2.75, 3.05) is 11.9 Å². The van der Waals surface area contributed by atoms with Crippen LogP contribution in [0.15, 0.2) is 96.1 Å². The molecule has 0 radical (unpaired) electrons. The van der Waals surface area contributed by atoms with Gasteiger partial charge in [0.2, 0.25) is 11.0 Å². The van der Waals surface area contributed by atoms with E-state index in [1.54, 1.807) is 24.3 Å². The van der Waals surface area contributed by atoms with Crippen molar-refractivity contribution < 1.29 is 19.1 Å². The van der Waals surface area contributed by atoms with Crippen LogP contribution in [0.1, 0.15) is 33.4 Å². The van der Waals surface area contributed by atoms with E-state index in [2.05, 4.69) is 50.3 Å². The van der Waals surface area contributed by atoms with E-state index in [1.807, 2.05) is 49.4 Å². The second-order valence-electron chi connectivity index (χ2n) is 8.86. The first-order chi connectivity index (χ1) is 20.1. The van der Waals surface area contributed by atoms with Gasteiger partial charge >= 0.3 is 0 Å². The maximum absolute atomic E-state index is 12.4. The number of amides is 2. The summed E-state index contributed by atoms with van der Waals surface area (Å²) < 4.78 is 11.9. The Kier molecular flexibility index (Phi) is 8.92. The number of nitrogens with zero attached hydrogens (tertiary/aromatic N) is 3. The molecule has 1 aromatic heterocycles. The lowest BCUT2D eigenvalue weighted by molar-refractivity contribution is -0.120. The molecule has 2 amide bonds. The van der Waals surface area contributed by atoms with Crippen LogP contribution in [-0.2, 0) is 17.8 Å². The Morgan fingerprint density at radius 3 is 2.56 bits per heavy atom. The Morgan fingerprint density at radius 1 is 0.902 bits per heavy atom. The largest absolute Gasteiger partial charge is 0.490 e. The summed E-state index contributed by atoms with van der Waals surface area (Å²) in [5.74, 6) is 0.548. The molecule has 0 aliphatic carbocycles. The van der Waals surface area contributed by atoms with E-state index in [1.165, 1.54) is 6.21 Å². The third-order valence-corrected chi connectivity index (χ3v) is 6.81. The molecular weight excluding hydrogens is 538 g/mol. The number of nitrogens with one attached hydrogen (secondary N) is 2. The summed E-state index contributed by atoms with van der Waals surface area (Å²) in [6, 6.07) is 28.6. The Morgan fingerprint density at radius 2 is 1.71 bits per heavy atom. The average Bonchev–Trinajstić information content (AvgIpc) is 3.43. The first-order valence-electron chi connectivity index (χ1n) is 13.0. The van der Waals surface area contributed by atoms with Crippen molar-refractivity contribution in [2.45, 2.75) is 20.0 Å². The molecule has 0 fully saturated rings. The summed E-state index contributed by atoms with van der Waals surface area (Å²) in [6.07, 6.45) is 1.50. The number of hydrazone groups is 1. The molecular formula is C31H27N5O4S. The zero-order chi connectivity index (χ0) is 28.4. The number of benzene rings is 4. The lowest BCUT2D eigenvalue weighted by Crippen LogP contribution is -2.19. The summed E-state index contributed by atoms with van der Waals surface area (Å²) >= 11 is 1.13. The number of hydrogen-bond acceptors (Lipinski definition) is 8. The van der Waals surface area contributed by atoms with Gasteiger partial charge in [0.25, 0.3) is 5.91 Å². The average molecular weight is 566 g/mol. The number of carbonyl (C=O) groups excluding carboxylic acids is 2. The van der Waals surface area contributed by atoms with Crippen LogP contribution in [0.25, 0.3) is 10.8 Å². The molecule has 0 saturated heterocycles. The van der Waals surface area contributed by atoms with Crippen molar-refractivity contribution >= 4 is 45.3 Å². The minimum Gasteiger partial charge on any atom is -0.490 e. The molecule has 0 aliphatic rings. The van der Waals surface area contributed by atoms with Crippen LogP contribution in [0.3, 0.4) is 0 Å². The second kappa shape index (κ2) is 13.3. The second-order valence-corrected chi connectivity index (χ2v) is 9.92. The van der Waals surface area contributed by atoms with Crippen LogP contribution in [0.4, 0.5) is 5.13 Å². The fraction of sp³-hybridized carbons (Fsp3) is 0.129. The predicted octanol–water partition coefficient (Wildman–Crippen LogP) is 5.61. The van der Waals surface area contributed by atoms with E-state index in [0.717, 1.165) is 33.2 Å². The number of ether oxygens (including phenoxy) is 2. The van der Waals surface area contributed by atoms with Crippen molar-refractivity contribution in [2.24, 2.45) is 5.10 Å². The molecule has 0 unspecified atom stereocenters. The fourth-order valence-corrected chi connectivity index (χ4v) is 4.79. The van der Waals surface area contributed by atoms with Crippen LogP contribution >= 0.6 is 11.3 Å². The Balaban J connectivity index is 1.16. The molecule has 1 heterocycles. The summed E-state index contributed by atoms with van der Waals surface area (Å²) in [7, 11) is 0. The molecule has 206 valence electrons. The zero-order valence-corrected chi connectivity index (χ0v) is 23.1. The van der Waals surface area contributed by atoms with Crippen molar-refractivity contribution in [3.05, 3.63) is 113 Å². The van der Waals surface area contributed by atoms with Crippen molar-refractivity contribution in [3.8, 4) is 11.5 Å². The van der Waals surface area contributed by atoms with Crippen molar-refractivity contribution in [1.82, 2.24) is 15.6 Å². The third kappa shape index (κ3) is 7.31. The van der Waals surface area contributed by atoms with E-state index in [9.17, 15) is 9.59 Å². The van der Waals surface area contributed by atoms with Gasteiger partial charge in [0.1, 0.15) is 11.6 Å². The number of hydrogen-bond donors (Lipinski definition) is 2. The van der Waals surface area contributed by atoms with Gasteiger partial charge in [0, 0.05) is 5.56 Å². The summed E-state index contributed by atoms with van der Waals surface area (Å²) in [5.41, 5.74) is 4.82. The summed E-state index contributed by atoms with van der Waals surface area (Å²) in [6.45, 7) is 2.77. The highest BCUT2D eigenvalue weighted by atomic mass is 32.1. The van der Waals surface area contributed by atoms with Gasteiger partial charge in [0.15, 0.2) is 11.5 Å². The van der Waals surface area contributed by atoms with Gasteiger partial charge in [-0.2, -0.15) is 5.10 Å². The molecule has 5 aromatic rings. The summed E-state index contributed by atoms with van der Waals surface area (Å²) in [5, 5.41) is 17.7. The fourth-order valence-electron chi connectivity index (χ4n) is 4.06. The van der Waals surface area contributed by atoms with E-state index in [0.29, 0.717) is 40.4 Å². The zero-order valence-electron chi connectivity index (χ0n) is 22.2. The lowest BCUT2D eigenvalue weighted by atomic mass is 10.1. The number of aromatic nitrogens is 2. The molecule has 0 bridgehead atoms. The van der Waals surface area contributed by atoms with Gasteiger partial charge in [-0.3, -0.25) is 14.9 Å². The number of rotatable bonds is 11. The van der Waals surface area contributed by atoms with E-state index in [-0.39, 0.29) is 18.2 Å². The molecule has 0 atom stereocenters. The van der Waals surface area contributed by atoms with Crippen LogP contribution in [0.2, 0.25) is 0 Å². The Bertz CT molecular complexity index is 1680. The van der Waals surface area contributed by atoms with Crippen LogP contribution in [0.5, 0.6) is 11.5 Å². The highest BCUT2D eigenvalue weighted by Gasteiger charge is 2.13. The van der Waals surface area contributed by atoms with Crippen molar-refractivity contribution in [1.29, 1.82) is 0 Å². The van der Waals surface area contributed by atoms with E-state index in [4.69, 9.17) is 9.47 Å². The topological polar surface area (TPSA) is 115 Å². The maximum atomic E-state index is 12.4. The first-order valence-corrected chi connectivity index (χ1v) is 13.8. The SMILES string of the molecule is CCOc1cc(C=NNC(=O)Cc2nnc(NC(=O)c3ccccc3)s2)ccc1OCc1cccc2ccccc12. The number of carbonyl (C=O) groups is 2. The standard InChI is InChI=1S/C31H27N5O4S/c1-2-39-27-17-21(15-16-26(27)40-20-24-13-8-12-22-9-6-7-14-25(22)24)19-32-34-28(37)18-29-35-36-31(41-29)33-30(38)23-10-4-3-5-11-23/h3-17,19H,2,18,20H2,1H3,(H,34,37)(H,33,36,38). The van der Waals surface area contributed by atoms with Gasteiger partial charge in [-0.15, -0.1) is 10.2 Å². The number of fused-ring (bicyclic) bond motifs is 1. The van der Waals surface area contributed by atoms with Crippen LogP contribution in [0, 0.1) is 0 Å². The van der Waals surface area contributed by atoms with Gasteiger partial charge in [-0.05, 0) is 59.2 Å². The summed E-state index contributed by atoms with van der Waals surface area (Å²) in [4.78, 5) is 24.6. The van der Waals surface area contributed by atoms with Crippen molar-refractivity contribution in [3.63, 3.8) is 0 Å². The minimum absolute atomic E-state index is 0.0264. The van der Waals surface area contributed by atoms with Crippen LogP contribution < -0.4 is 20.2 Å². The Labute approximate surface area is 240 Å². The Hall–Kier alpha value is -5.09. The van der Waals surface area contributed by atoms with Gasteiger partial charge in [-0.1, -0.05) is 72.0 Å². The monoisotopic (exact) mass is 565 g/mol. The molecule has 9 nitrogen and oxygen atoms in total. The molecule has 41 heavy (non-hydrogen) atoms. The molecule has 4 aromatic carbocycles. The smallest absolute Gasteiger partial charge is 0.257 e. The molecule has 0 aliphatic heterocycles. The molecule has 10 heteroatoms. The lowest BCUT2D eigenvalue weighted by Gasteiger charge is -2.13. The van der Waals surface area contributed by atoms with Gasteiger partial charge in [-0.25, -0.2) is 5.43 Å². The quantitative estimate of drug-likeness (QED) is 0.159. The van der Waals surface area contributed by atoms with E-state index < -0.39 is 0 Å². The molecule has 0 saturated carbocycles. The predicted molar refractivity (Wildman–Crippen MR) is 160 cm³/mol.